The molecule has 5 nitrogen and oxygen atoms in total. The Morgan fingerprint density at radius 1 is 0.893 bits per heavy atom. The van der Waals surface area contributed by atoms with E-state index in [0.29, 0.717) is 5.69 Å². The topological polar surface area (TPSA) is 75.3 Å². The number of nitrogens with one attached hydrogen (secondary N) is 2. The van der Waals surface area contributed by atoms with Crippen molar-refractivity contribution < 1.29 is 17.6 Å². The Bertz CT molecular complexity index is 1130. The molecule has 144 valence electrons. The molecule has 0 bridgehead atoms. The highest BCUT2D eigenvalue weighted by Crippen LogP contribution is 2.22. The summed E-state index contributed by atoms with van der Waals surface area (Å²) in [5.41, 5.74) is 3.05. The van der Waals surface area contributed by atoms with Crippen molar-refractivity contribution in [3.05, 3.63) is 89.2 Å². The Kier molecular flexibility index (Phi) is 5.46. The molecule has 3 aromatic rings. The summed E-state index contributed by atoms with van der Waals surface area (Å²) in [4.78, 5) is 12.6. The molecule has 0 saturated heterocycles. The van der Waals surface area contributed by atoms with E-state index < -0.39 is 21.7 Å². The highest BCUT2D eigenvalue weighted by atomic mass is 32.2. The maximum absolute atomic E-state index is 13.1. The van der Waals surface area contributed by atoms with Crippen molar-refractivity contribution in [1.29, 1.82) is 0 Å². The summed E-state index contributed by atoms with van der Waals surface area (Å²) < 4.78 is 40.6. The van der Waals surface area contributed by atoms with Crippen LogP contribution < -0.4 is 10.0 Å². The molecule has 0 saturated carbocycles. The fourth-order valence-corrected chi connectivity index (χ4v) is 3.68. The van der Waals surface area contributed by atoms with E-state index in [1.807, 2.05) is 26.0 Å². The SMILES string of the molecule is Cc1ccc(NC(=O)c2ccccc2NS(=O)(=O)c2ccc(F)cc2)cc1C. The number of aryl methyl sites for hydroxylation is 2. The van der Waals surface area contributed by atoms with Crippen molar-refractivity contribution >= 4 is 27.3 Å². The fraction of sp³-hybridized carbons (Fsp3) is 0.0952. The Labute approximate surface area is 163 Å². The normalized spacial score (nSPS) is 11.1. The lowest BCUT2D eigenvalue weighted by Crippen LogP contribution is -2.18. The minimum atomic E-state index is -3.97. The quantitative estimate of drug-likeness (QED) is 0.665. The van der Waals surface area contributed by atoms with Crippen LogP contribution in [0.2, 0.25) is 0 Å². The molecule has 0 atom stereocenters. The van der Waals surface area contributed by atoms with Crippen molar-refractivity contribution in [1.82, 2.24) is 0 Å². The second-order valence-corrected chi connectivity index (χ2v) is 8.04. The Morgan fingerprint density at radius 3 is 2.25 bits per heavy atom. The van der Waals surface area contributed by atoms with Crippen molar-refractivity contribution in [2.24, 2.45) is 0 Å². The van der Waals surface area contributed by atoms with Crippen LogP contribution >= 0.6 is 0 Å². The summed E-state index contributed by atoms with van der Waals surface area (Å²) in [5.74, 6) is -0.979. The smallest absolute Gasteiger partial charge is 0.261 e. The summed E-state index contributed by atoms with van der Waals surface area (Å²) in [6.07, 6.45) is 0. The number of anilines is 2. The van der Waals surface area contributed by atoms with Gasteiger partial charge in [0, 0.05) is 5.69 Å². The number of carbonyl (C=O) groups excluding carboxylic acids is 1. The van der Waals surface area contributed by atoms with Crippen LogP contribution in [0.4, 0.5) is 15.8 Å². The molecule has 28 heavy (non-hydrogen) atoms. The van der Waals surface area contributed by atoms with E-state index in [0.717, 1.165) is 35.4 Å². The van der Waals surface area contributed by atoms with Crippen molar-refractivity contribution in [2.75, 3.05) is 10.0 Å². The molecule has 3 rings (SSSR count). The van der Waals surface area contributed by atoms with Crippen molar-refractivity contribution in [3.63, 3.8) is 0 Å². The van der Waals surface area contributed by atoms with Gasteiger partial charge in [0.2, 0.25) is 0 Å². The van der Waals surface area contributed by atoms with Gasteiger partial charge < -0.3 is 5.32 Å². The molecule has 0 heterocycles. The predicted octanol–water partition coefficient (Wildman–Crippen LogP) is 4.50. The van der Waals surface area contributed by atoms with Crippen molar-refractivity contribution in [2.45, 2.75) is 18.7 Å². The van der Waals surface area contributed by atoms with E-state index >= 15 is 0 Å². The van der Waals surface area contributed by atoms with Gasteiger partial charge in [-0.1, -0.05) is 18.2 Å². The fourth-order valence-electron chi connectivity index (χ4n) is 2.61. The first-order chi connectivity index (χ1) is 13.3. The van der Waals surface area contributed by atoms with E-state index in [1.54, 1.807) is 18.2 Å². The van der Waals surface area contributed by atoms with Gasteiger partial charge in [-0.3, -0.25) is 9.52 Å². The number of hydrogen-bond donors (Lipinski definition) is 2. The van der Waals surface area contributed by atoms with Gasteiger partial charge in [0.15, 0.2) is 0 Å². The molecular weight excluding hydrogens is 379 g/mol. The lowest BCUT2D eigenvalue weighted by Gasteiger charge is -2.13. The van der Waals surface area contributed by atoms with Crippen LogP contribution in [-0.4, -0.2) is 14.3 Å². The second kappa shape index (κ2) is 7.82. The summed E-state index contributed by atoms with van der Waals surface area (Å²) in [6, 6.07) is 16.3. The van der Waals surface area contributed by atoms with Gasteiger partial charge >= 0.3 is 0 Å². The number of halogens is 1. The van der Waals surface area contributed by atoms with Gasteiger partial charge in [-0.15, -0.1) is 0 Å². The molecule has 2 N–H and O–H groups in total. The third-order valence-electron chi connectivity index (χ3n) is 4.30. The zero-order valence-corrected chi connectivity index (χ0v) is 16.2. The number of hydrogen-bond acceptors (Lipinski definition) is 3. The number of amides is 1. The molecular formula is C21H19FN2O3S. The third kappa shape index (κ3) is 4.37. The molecule has 3 aromatic carbocycles. The molecule has 0 aromatic heterocycles. The van der Waals surface area contributed by atoms with Crippen LogP contribution in [0.5, 0.6) is 0 Å². The molecule has 1 amide bonds. The molecule has 0 spiro atoms. The molecule has 0 unspecified atom stereocenters. The number of sulfonamides is 1. The summed E-state index contributed by atoms with van der Waals surface area (Å²) >= 11 is 0. The Balaban J connectivity index is 1.87. The van der Waals surface area contributed by atoms with Crippen LogP contribution in [-0.2, 0) is 10.0 Å². The molecule has 0 aliphatic heterocycles. The molecule has 0 aliphatic carbocycles. The zero-order chi connectivity index (χ0) is 20.3. The number of benzene rings is 3. The van der Waals surface area contributed by atoms with E-state index in [1.165, 1.54) is 12.1 Å². The summed E-state index contributed by atoms with van der Waals surface area (Å²) in [5, 5.41) is 2.78. The largest absolute Gasteiger partial charge is 0.322 e. The molecule has 0 fully saturated rings. The lowest BCUT2D eigenvalue weighted by atomic mass is 10.1. The molecule has 0 aliphatic rings. The van der Waals surface area contributed by atoms with Gasteiger partial charge in [-0.05, 0) is 73.5 Å². The average molecular weight is 398 g/mol. The van der Waals surface area contributed by atoms with Gasteiger partial charge in [0.05, 0.1) is 16.1 Å². The van der Waals surface area contributed by atoms with Crippen LogP contribution in [0.1, 0.15) is 21.5 Å². The first-order valence-corrected chi connectivity index (χ1v) is 10.0. The first-order valence-electron chi connectivity index (χ1n) is 8.52. The van der Waals surface area contributed by atoms with E-state index in [2.05, 4.69) is 10.0 Å². The van der Waals surface area contributed by atoms with E-state index in [9.17, 15) is 17.6 Å². The van der Waals surface area contributed by atoms with Crippen LogP contribution in [0.15, 0.2) is 71.6 Å². The minimum Gasteiger partial charge on any atom is -0.322 e. The van der Waals surface area contributed by atoms with Crippen molar-refractivity contribution in [3.8, 4) is 0 Å². The highest BCUT2D eigenvalue weighted by molar-refractivity contribution is 7.92. The standard InChI is InChI=1S/C21H19FN2O3S/c1-14-7-10-17(13-15(14)2)23-21(25)19-5-3-4-6-20(19)24-28(26,27)18-11-8-16(22)9-12-18/h3-13,24H,1-2H3,(H,23,25). The monoisotopic (exact) mass is 398 g/mol. The summed E-state index contributed by atoms with van der Waals surface area (Å²) in [6.45, 7) is 3.91. The predicted molar refractivity (Wildman–Crippen MR) is 108 cm³/mol. The average Bonchev–Trinajstić information content (AvgIpc) is 2.65. The van der Waals surface area contributed by atoms with Gasteiger partial charge in [-0.25, -0.2) is 12.8 Å². The van der Waals surface area contributed by atoms with Crippen LogP contribution in [0.3, 0.4) is 0 Å². The van der Waals surface area contributed by atoms with E-state index in [-0.39, 0.29) is 16.1 Å². The van der Waals surface area contributed by atoms with Gasteiger partial charge in [-0.2, -0.15) is 0 Å². The van der Waals surface area contributed by atoms with Crippen LogP contribution in [0.25, 0.3) is 0 Å². The third-order valence-corrected chi connectivity index (χ3v) is 5.69. The maximum Gasteiger partial charge on any atom is 0.261 e. The second-order valence-electron chi connectivity index (χ2n) is 6.36. The lowest BCUT2D eigenvalue weighted by molar-refractivity contribution is 0.102. The highest BCUT2D eigenvalue weighted by Gasteiger charge is 2.19. The molecule has 0 radical (unpaired) electrons. The minimum absolute atomic E-state index is 0.0988. The zero-order valence-electron chi connectivity index (χ0n) is 15.4. The van der Waals surface area contributed by atoms with Crippen LogP contribution in [0, 0.1) is 19.7 Å². The van der Waals surface area contributed by atoms with Gasteiger partial charge in [0.25, 0.3) is 15.9 Å². The Hall–Kier alpha value is -3.19. The number of rotatable bonds is 5. The summed E-state index contributed by atoms with van der Waals surface area (Å²) in [7, 11) is -3.97. The molecule has 7 heteroatoms. The van der Waals surface area contributed by atoms with Gasteiger partial charge in [0.1, 0.15) is 5.82 Å². The number of carbonyl (C=O) groups is 1. The number of para-hydroxylation sites is 1. The Morgan fingerprint density at radius 2 is 1.57 bits per heavy atom. The van der Waals surface area contributed by atoms with E-state index in [4.69, 9.17) is 0 Å². The maximum atomic E-state index is 13.1. The first kappa shape index (κ1) is 19.6.